The molecule has 0 unspecified atom stereocenters. The Labute approximate surface area is 113 Å². The van der Waals surface area contributed by atoms with Crippen LogP contribution in [0.2, 0.25) is 0 Å². The van der Waals surface area contributed by atoms with Crippen molar-refractivity contribution in [2.24, 2.45) is 0 Å². The average molecular weight is 267 g/mol. The van der Waals surface area contributed by atoms with Gasteiger partial charge in [0.2, 0.25) is 5.91 Å². The minimum atomic E-state index is -0.409. The van der Waals surface area contributed by atoms with Crippen LogP contribution in [0.15, 0.2) is 18.2 Å². The van der Waals surface area contributed by atoms with Crippen LogP contribution in [0.1, 0.15) is 26.3 Å². The number of carbonyl (C=O) groups is 1. The van der Waals surface area contributed by atoms with Gasteiger partial charge in [-0.05, 0) is 38.5 Å². The monoisotopic (exact) mass is 267 g/mol. The second-order valence-corrected chi connectivity index (χ2v) is 5.11. The minimum Gasteiger partial charge on any atom is -0.493 e. The van der Waals surface area contributed by atoms with Crippen LogP contribution in [0.25, 0.3) is 0 Å². The minimum absolute atomic E-state index is 0.206. The lowest BCUT2D eigenvalue weighted by Crippen LogP contribution is -2.34. The summed E-state index contributed by atoms with van der Waals surface area (Å²) in [5.74, 6) is 1.03. The molecular weight excluding hydrogens is 246 g/mol. The molecule has 1 aromatic rings. The van der Waals surface area contributed by atoms with Crippen molar-refractivity contribution in [1.29, 1.82) is 0 Å². The van der Waals surface area contributed by atoms with E-state index in [1.807, 2.05) is 26.8 Å². The summed E-state index contributed by atoms with van der Waals surface area (Å²) in [7, 11) is 3.13. The van der Waals surface area contributed by atoms with Crippen molar-refractivity contribution >= 4 is 5.91 Å². The van der Waals surface area contributed by atoms with Crippen molar-refractivity contribution < 1.29 is 19.1 Å². The topological polar surface area (TPSA) is 56.8 Å². The molecule has 0 fully saturated rings. The Hall–Kier alpha value is -1.75. The Bertz CT molecular complexity index is 438. The van der Waals surface area contributed by atoms with Crippen molar-refractivity contribution in [1.82, 2.24) is 5.48 Å². The van der Waals surface area contributed by atoms with E-state index in [0.717, 1.165) is 5.56 Å². The van der Waals surface area contributed by atoms with Crippen LogP contribution < -0.4 is 15.0 Å². The van der Waals surface area contributed by atoms with Gasteiger partial charge in [-0.2, -0.15) is 0 Å². The van der Waals surface area contributed by atoms with E-state index in [4.69, 9.17) is 14.3 Å². The van der Waals surface area contributed by atoms with E-state index < -0.39 is 5.60 Å². The maximum atomic E-state index is 11.7. The van der Waals surface area contributed by atoms with Gasteiger partial charge in [-0.25, -0.2) is 5.48 Å². The Morgan fingerprint density at radius 3 is 2.32 bits per heavy atom. The standard InChI is InChI=1S/C14H21NO4/c1-14(2,3)19-15-13(16)9-10-6-7-11(17-4)12(8-10)18-5/h6-8H,9H2,1-5H3,(H,15,16). The van der Waals surface area contributed by atoms with Crippen LogP contribution in [-0.2, 0) is 16.1 Å². The number of benzene rings is 1. The molecular formula is C14H21NO4. The van der Waals surface area contributed by atoms with Crippen molar-refractivity contribution in [3.05, 3.63) is 23.8 Å². The second kappa shape index (κ2) is 6.43. The highest BCUT2D eigenvalue weighted by molar-refractivity contribution is 5.77. The third-order valence-corrected chi connectivity index (χ3v) is 2.28. The molecule has 0 saturated carbocycles. The summed E-state index contributed by atoms with van der Waals surface area (Å²) in [6, 6.07) is 5.36. The van der Waals surface area contributed by atoms with Crippen molar-refractivity contribution in [2.75, 3.05) is 14.2 Å². The smallest absolute Gasteiger partial charge is 0.247 e. The number of hydroxylamine groups is 1. The summed E-state index contributed by atoms with van der Waals surface area (Å²) in [4.78, 5) is 16.9. The molecule has 0 bridgehead atoms. The number of hydrogen-bond acceptors (Lipinski definition) is 4. The van der Waals surface area contributed by atoms with E-state index in [0.29, 0.717) is 11.5 Å². The molecule has 0 saturated heterocycles. The lowest BCUT2D eigenvalue weighted by molar-refractivity contribution is -0.144. The van der Waals surface area contributed by atoms with Gasteiger partial charge >= 0.3 is 0 Å². The van der Waals surface area contributed by atoms with E-state index in [2.05, 4.69) is 5.48 Å². The maximum absolute atomic E-state index is 11.7. The van der Waals surface area contributed by atoms with E-state index in [1.54, 1.807) is 26.4 Å². The zero-order chi connectivity index (χ0) is 14.5. The van der Waals surface area contributed by atoms with Gasteiger partial charge < -0.3 is 9.47 Å². The predicted molar refractivity (Wildman–Crippen MR) is 72.2 cm³/mol. The fourth-order valence-corrected chi connectivity index (χ4v) is 1.42. The zero-order valence-corrected chi connectivity index (χ0v) is 12.1. The first-order valence-corrected chi connectivity index (χ1v) is 6.03. The van der Waals surface area contributed by atoms with Gasteiger partial charge in [-0.15, -0.1) is 0 Å². The van der Waals surface area contributed by atoms with Gasteiger partial charge in [0.25, 0.3) is 0 Å². The van der Waals surface area contributed by atoms with Gasteiger partial charge in [0, 0.05) is 0 Å². The third kappa shape index (κ3) is 5.18. The lowest BCUT2D eigenvalue weighted by atomic mass is 10.1. The summed E-state index contributed by atoms with van der Waals surface area (Å²) < 4.78 is 10.3. The first-order valence-electron chi connectivity index (χ1n) is 6.03. The Morgan fingerprint density at radius 2 is 1.79 bits per heavy atom. The molecule has 1 aromatic carbocycles. The van der Waals surface area contributed by atoms with E-state index in [-0.39, 0.29) is 12.3 Å². The summed E-state index contributed by atoms with van der Waals surface area (Å²) in [6.45, 7) is 5.59. The largest absolute Gasteiger partial charge is 0.493 e. The Morgan fingerprint density at radius 1 is 1.16 bits per heavy atom. The number of methoxy groups -OCH3 is 2. The number of ether oxygens (including phenoxy) is 2. The van der Waals surface area contributed by atoms with Crippen LogP contribution in [0.3, 0.4) is 0 Å². The molecule has 106 valence electrons. The van der Waals surface area contributed by atoms with Crippen molar-refractivity contribution in [2.45, 2.75) is 32.8 Å². The number of nitrogens with one attached hydrogen (secondary N) is 1. The lowest BCUT2D eigenvalue weighted by Gasteiger charge is -2.19. The van der Waals surface area contributed by atoms with Crippen LogP contribution in [0.4, 0.5) is 0 Å². The quantitative estimate of drug-likeness (QED) is 0.830. The molecule has 1 rings (SSSR count). The molecule has 0 spiro atoms. The Balaban J connectivity index is 2.64. The number of carbonyl (C=O) groups excluding carboxylic acids is 1. The van der Waals surface area contributed by atoms with Crippen LogP contribution in [0, 0.1) is 0 Å². The third-order valence-electron chi connectivity index (χ3n) is 2.28. The highest BCUT2D eigenvalue weighted by atomic mass is 16.7. The molecule has 0 radical (unpaired) electrons. The van der Waals surface area contributed by atoms with Crippen molar-refractivity contribution in [3.8, 4) is 11.5 Å². The highest BCUT2D eigenvalue weighted by Crippen LogP contribution is 2.27. The first-order chi connectivity index (χ1) is 8.85. The molecule has 0 heterocycles. The van der Waals surface area contributed by atoms with Gasteiger partial charge in [0.05, 0.1) is 26.2 Å². The molecule has 0 aliphatic rings. The van der Waals surface area contributed by atoms with E-state index >= 15 is 0 Å². The van der Waals surface area contributed by atoms with E-state index in [1.165, 1.54) is 0 Å². The van der Waals surface area contributed by atoms with Gasteiger partial charge in [-0.3, -0.25) is 9.63 Å². The summed E-state index contributed by atoms with van der Waals surface area (Å²) >= 11 is 0. The molecule has 0 aliphatic heterocycles. The highest BCUT2D eigenvalue weighted by Gasteiger charge is 2.13. The SMILES string of the molecule is COc1ccc(CC(=O)NOC(C)(C)C)cc1OC. The zero-order valence-electron chi connectivity index (χ0n) is 12.1. The Kier molecular flexibility index (Phi) is 5.18. The molecule has 0 aromatic heterocycles. The normalized spacial score (nSPS) is 11.0. The number of rotatable bonds is 5. The van der Waals surface area contributed by atoms with Gasteiger partial charge in [0.1, 0.15) is 0 Å². The van der Waals surface area contributed by atoms with E-state index in [9.17, 15) is 4.79 Å². The molecule has 5 heteroatoms. The maximum Gasteiger partial charge on any atom is 0.247 e. The summed E-state index contributed by atoms with van der Waals surface area (Å²) in [6.07, 6.45) is 0.219. The van der Waals surface area contributed by atoms with Gasteiger partial charge in [-0.1, -0.05) is 6.07 Å². The number of amides is 1. The summed E-state index contributed by atoms with van der Waals surface area (Å²) in [5, 5.41) is 0. The summed E-state index contributed by atoms with van der Waals surface area (Å²) in [5.41, 5.74) is 2.84. The molecule has 0 aliphatic carbocycles. The molecule has 19 heavy (non-hydrogen) atoms. The molecule has 1 amide bonds. The van der Waals surface area contributed by atoms with Crippen LogP contribution >= 0.6 is 0 Å². The van der Waals surface area contributed by atoms with Crippen molar-refractivity contribution in [3.63, 3.8) is 0 Å². The van der Waals surface area contributed by atoms with Gasteiger partial charge in [0.15, 0.2) is 11.5 Å². The fourth-order valence-electron chi connectivity index (χ4n) is 1.42. The van der Waals surface area contributed by atoms with Crippen LogP contribution in [0.5, 0.6) is 11.5 Å². The average Bonchev–Trinajstić information content (AvgIpc) is 2.35. The second-order valence-electron chi connectivity index (χ2n) is 5.11. The molecule has 0 atom stereocenters. The predicted octanol–water partition coefficient (Wildman–Crippen LogP) is 2.09. The fraction of sp³-hybridized carbons (Fsp3) is 0.500. The van der Waals surface area contributed by atoms with Crippen LogP contribution in [-0.4, -0.2) is 25.7 Å². The first kappa shape index (κ1) is 15.3. The molecule has 1 N–H and O–H groups in total. The number of hydrogen-bond donors (Lipinski definition) is 1. The molecule has 5 nitrogen and oxygen atoms in total.